The maximum absolute atomic E-state index is 12.5. The Kier molecular flexibility index (Phi) is 8.04. The van der Waals surface area contributed by atoms with Crippen LogP contribution in [0.5, 0.6) is 5.75 Å². The van der Waals surface area contributed by atoms with Gasteiger partial charge in [0.15, 0.2) is 0 Å². The molecule has 186 valence electrons. The van der Waals surface area contributed by atoms with Gasteiger partial charge in [0.25, 0.3) is 5.91 Å². The molecule has 0 fully saturated rings. The molecule has 0 aliphatic carbocycles. The number of carbonyl (C=O) groups excluding carboxylic acids is 1. The van der Waals surface area contributed by atoms with Crippen molar-refractivity contribution in [1.82, 2.24) is 5.32 Å². The molecule has 0 saturated carbocycles. The Morgan fingerprint density at radius 3 is 2.22 bits per heavy atom. The zero-order valence-corrected chi connectivity index (χ0v) is 21.8. The van der Waals surface area contributed by atoms with Crippen molar-refractivity contribution in [2.75, 3.05) is 23.7 Å². The first-order valence-corrected chi connectivity index (χ1v) is 13.7. The number of rotatable bonds is 9. The third-order valence-electron chi connectivity index (χ3n) is 5.46. The molecule has 0 atom stereocenters. The van der Waals surface area contributed by atoms with Gasteiger partial charge in [-0.1, -0.05) is 65.7 Å². The Labute approximate surface area is 220 Å². The molecular formula is C27H24Cl2N2O4S. The second-order valence-electron chi connectivity index (χ2n) is 8.21. The summed E-state index contributed by atoms with van der Waals surface area (Å²) in [6.45, 7) is 0.732. The Morgan fingerprint density at radius 1 is 0.889 bits per heavy atom. The molecule has 0 spiro atoms. The highest BCUT2D eigenvalue weighted by Gasteiger charge is 2.19. The van der Waals surface area contributed by atoms with Crippen LogP contribution in [0.1, 0.15) is 15.9 Å². The van der Waals surface area contributed by atoms with Crippen LogP contribution >= 0.6 is 23.2 Å². The van der Waals surface area contributed by atoms with Crippen molar-refractivity contribution in [2.45, 2.75) is 6.54 Å². The number of nitrogens with zero attached hydrogens (tertiary/aromatic N) is 1. The van der Waals surface area contributed by atoms with Gasteiger partial charge >= 0.3 is 0 Å². The summed E-state index contributed by atoms with van der Waals surface area (Å²) in [6, 6.07) is 25.2. The fraction of sp³-hybridized carbons (Fsp3) is 0.148. The van der Waals surface area contributed by atoms with Gasteiger partial charge in [-0.2, -0.15) is 0 Å². The van der Waals surface area contributed by atoms with E-state index in [1.165, 1.54) is 22.5 Å². The van der Waals surface area contributed by atoms with Crippen LogP contribution < -0.4 is 14.4 Å². The first kappa shape index (κ1) is 25.8. The number of fused-ring (bicyclic) bond motifs is 1. The number of nitrogens with one attached hydrogen (secondary N) is 1. The smallest absolute Gasteiger partial charge is 0.251 e. The molecule has 1 N–H and O–H groups in total. The molecule has 36 heavy (non-hydrogen) atoms. The van der Waals surface area contributed by atoms with E-state index in [4.69, 9.17) is 27.9 Å². The topological polar surface area (TPSA) is 75.7 Å². The van der Waals surface area contributed by atoms with Gasteiger partial charge in [0.1, 0.15) is 12.4 Å². The predicted molar refractivity (Wildman–Crippen MR) is 146 cm³/mol. The minimum Gasteiger partial charge on any atom is -0.492 e. The largest absolute Gasteiger partial charge is 0.492 e. The van der Waals surface area contributed by atoms with Crippen LogP contribution in [0.3, 0.4) is 0 Å². The Bertz CT molecular complexity index is 1470. The van der Waals surface area contributed by atoms with E-state index in [0.29, 0.717) is 40.0 Å². The van der Waals surface area contributed by atoms with Gasteiger partial charge in [-0.3, -0.25) is 9.10 Å². The minimum absolute atomic E-state index is 0.0665. The normalized spacial score (nSPS) is 11.3. The van der Waals surface area contributed by atoms with E-state index in [-0.39, 0.29) is 12.5 Å². The number of hydrogen-bond acceptors (Lipinski definition) is 4. The van der Waals surface area contributed by atoms with Crippen LogP contribution in [-0.2, 0) is 16.6 Å². The quantitative estimate of drug-likeness (QED) is 0.266. The van der Waals surface area contributed by atoms with Crippen LogP contribution in [0.4, 0.5) is 5.69 Å². The summed E-state index contributed by atoms with van der Waals surface area (Å²) in [4.78, 5) is 12.5. The molecule has 4 rings (SSSR count). The average Bonchev–Trinajstić information content (AvgIpc) is 2.84. The van der Waals surface area contributed by atoms with Crippen molar-refractivity contribution in [2.24, 2.45) is 0 Å². The molecule has 9 heteroatoms. The fourth-order valence-corrected chi connectivity index (χ4v) is 5.09. The van der Waals surface area contributed by atoms with E-state index < -0.39 is 10.0 Å². The predicted octanol–water partition coefficient (Wildman–Crippen LogP) is 5.92. The number of benzene rings is 4. The highest BCUT2D eigenvalue weighted by atomic mass is 35.5. The van der Waals surface area contributed by atoms with Crippen molar-refractivity contribution >= 4 is 55.6 Å². The van der Waals surface area contributed by atoms with E-state index in [1.807, 2.05) is 42.5 Å². The lowest BCUT2D eigenvalue weighted by atomic mass is 10.1. The monoisotopic (exact) mass is 542 g/mol. The Hall–Kier alpha value is -3.26. The molecule has 0 radical (unpaired) electrons. The highest BCUT2D eigenvalue weighted by Crippen LogP contribution is 2.28. The van der Waals surface area contributed by atoms with Gasteiger partial charge in [-0.15, -0.1) is 0 Å². The number of halogens is 2. The molecule has 4 aromatic carbocycles. The van der Waals surface area contributed by atoms with Crippen LogP contribution in [0.2, 0.25) is 10.0 Å². The summed E-state index contributed by atoms with van der Waals surface area (Å²) >= 11 is 12.1. The molecule has 0 aliphatic rings. The van der Waals surface area contributed by atoms with Crippen molar-refractivity contribution in [3.8, 4) is 5.75 Å². The summed E-state index contributed by atoms with van der Waals surface area (Å²) in [7, 11) is -3.60. The molecule has 4 aromatic rings. The summed E-state index contributed by atoms with van der Waals surface area (Å²) in [6.07, 6.45) is 1.11. The lowest BCUT2D eigenvalue weighted by Gasteiger charge is -2.23. The molecule has 1 amide bonds. The summed E-state index contributed by atoms with van der Waals surface area (Å²) in [5, 5.41) is 5.73. The third-order valence-corrected chi connectivity index (χ3v) is 7.03. The maximum Gasteiger partial charge on any atom is 0.251 e. The molecule has 6 nitrogen and oxygen atoms in total. The van der Waals surface area contributed by atoms with Crippen molar-refractivity contribution < 1.29 is 17.9 Å². The molecular weight excluding hydrogens is 519 g/mol. The van der Waals surface area contributed by atoms with Crippen molar-refractivity contribution in [3.05, 3.63) is 106 Å². The Morgan fingerprint density at radius 2 is 1.56 bits per heavy atom. The van der Waals surface area contributed by atoms with Crippen LogP contribution in [0, 0.1) is 0 Å². The summed E-state index contributed by atoms with van der Waals surface area (Å²) in [5.41, 5.74) is 1.53. The van der Waals surface area contributed by atoms with E-state index in [1.54, 1.807) is 24.3 Å². The standard InChI is InChI=1S/C27H24Cl2N2O4S/c1-36(33,34)31(25-16-23(28)15-24(29)17-25)18-19-6-8-21(9-7-19)27(32)30-12-13-35-26-11-10-20-4-2-3-5-22(20)14-26/h2-11,14-17H,12-13,18H2,1H3,(H,30,32). The lowest BCUT2D eigenvalue weighted by Crippen LogP contribution is -2.29. The van der Waals surface area contributed by atoms with Gasteiger partial charge in [0.05, 0.1) is 25.0 Å². The first-order valence-electron chi connectivity index (χ1n) is 11.1. The van der Waals surface area contributed by atoms with Gasteiger partial charge < -0.3 is 10.1 Å². The molecule has 0 heterocycles. The molecule has 0 aromatic heterocycles. The number of ether oxygens (including phenoxy) is 1. The number of anilines is 1. The number of carbonyl (C=O) groups is 1. The average molecular weight is 543 g/mol. The second-order valence-corrected chi connectivity index (χ2v) is 11.0. The summed E-state index contributed by atoms with van der Waals surface area (Å²) in [5.74, 6) is 0.494. The summed E-state index contributed by atoms with van der Waals surface area (Å²) < 4.78 is 31.8. The van der Waals surface area contributed by atoms with E-state index in [9.17, 15) is 13.2 Å². The fourth-order valence-electron chi connectivity index (χ4n) is 3.70. The zero-order valence-electron chi connectivity index (χ0n) is 19.4. The number of sulfonamides is 1. The van der Waals surface area contributed by atoms with Gasteiger partial charge in [0.2, 0.25) is 10.0 Å². The lowest BCUT2D eigenvalue weighted by molar-refractivity contribution is 0.0947. The third kappa shape index (κ3) is 6.69. The molecule has 0 bridgehead atoms. The zero-order chi connectivity index (χ0) is 25.7. The molecule has 0 unspecified atom stereocenters. The molecule has 0 aliphatic heterocycles. The van der Waals surface area contributed by atoms with Crippen LogP contribution in [-0.4, -0.2) is 33.7 Å². The van der Waals surface area contributed by atoms with Crippen LogP contribution in [0.25, 0.3) is 10.8 Å². The second kappa shape index (κ2) is 11.2. The Balaban J connectivity index is 1.33. The van der Waals surface area contributed by atoms with Gasteiger partial charge in [-0.05, 0) is 58.8 Å². The van der Waals surface area contributed by atoms with E-state index in [2.05, 4.69) is 5.32 Å². The molecule has 0 saturated heterocycles. The SMILES string of the molecule is CS(=O)(=O)N(Cc1ccc(C(=O)NCCOc2ccc3ccccc3c2)cc1)c1cc(Cl)cc(Cl)c1. The first-order chi connectivity index (χ1) is 17.2. The number of amides is 1. The van der Waals surface area contributed by atoms with Crippen molar-refractivity contribution in [1.29, 1.82) is 0 Å². The van der Waals surface area contributed by atoms with Crippen LogP contribution in [0.15, 0.2) is 84.9 Å². The van der Waals surface area contributed by atoms with Gasteiger partial charge in [-0.25, -0.2) is 8.42 Å². The van der Waals surface area contributed by atoms with Gasteiger partial charge in [0, 0.05) is 15.6 Å². The maximum atomic E-state index is 12.5. The van der Waals surface area contributed by atoms with Crippen molar-refractivity contribution in [3.63, 3.8) is 0 Å². The highest BCUT2D eigenvalue weighted by molar-refractivity contribution is 7.92. The van der Waals surface area contributed by atoms with E-state index >= 15 is 0 Å². The minimum atomic E-state index is -3.60. The van der Waals surface area contributed by atoms with E-state index in [0.717, 1.165) is 22.8 Å². The number of hydrogen-bond donors (Lipinski definition) is 1.